The largest absolute Gasteiger partial charge is 0.458 e. The molecule has 2 atom stereocenters. The van der Waals surface area contributed by atoms with Gasteiger partial charge in [-0.25, -0.2) is 4.79 Å². The molecule has 7 heteroatoms. The zero-order valence-corrected chi connectivity index (χ0v) is 23.3. The van der Waals surface area contributed by atoms with Gasteiger partial charge in [0.05, 0.1) is 10.6 Å². The highest BCUT2D eigenvalue weighted by molar-refractivity contribution is 6.13. The molecule has 0 N–H and O–H groups in total. The molecule has 0 heterocycles. The Morgan fingerprint density at radius 3 is 1.66 bits per heavy atom. The highest BCUT2D eigenvalue weighted by atomic mass is 16.6. The second-order valence-electron chi connectivity index (χ2n) is 10.6. The lowest BCUT2D eigenvalue weighted by Gasteiger charge is -2.28. The van der Waals surface area contributed by atoms with E-state index in [2.05, 4.69) is 0 Å². The first-order valence-corrected chi connectivity index (χ1v) is 13.4. The molecular formula is C34H32N2O5. The van der Waals surface area contributed by atoms with Crippen LogP contribution in [-0.4, -0.2) is 34.0 Å². The Bertz CT molecular complexity index is 1470. The van der Waals surface area contributed by atoms with Gasteiger partial charge in [0.25, 0.3) is 5.69 Å². The monoisotopic (exact) mass is 548 g/mol. The van der Waals surface area contributed by atoms with Crippen LogP contribution < -0.4 is 0 Å². The summed E-state index contributed by atoms with van der Waals surface area (Å²) in [6.45, 7) is 5.32. The summed E-state index contributed by atoms with van der Waals surface area (Å²) >= 11 is 0. The summed E-state index contributed by atoms with van der Waals surface area (Å²) in [7, 11) is 0. The fourth-order valence-electron chi connectivity index (χ4n) is 4.51. The van der Waals surface area contributed by atoms with Gasteiger partial charge in [-0.15, -0.1) is 0 Å². The van der Waals surface area contributed by atoms with Crippen molar-refractivity contribution in [1.82, 2.24) is 0 Å². The minimum Gasteiger partial charge on any atom is -0.458 e. The third kappa shape index (κ3) is 7.82. The van der Waals surface area contributed by atoms with E-state index in [1.54, 1.807) is 57.2 Å². The van der Waals surface area contributed by atoms with Crippen molar-refractivity contribution in [2.75, 3.05) is 0 Å². The lowest BCUT2D eigenvalue weighted by molar-refractivity contribution is -0.384. The van der Waals surface area contributed by atoms with Gasteiger partial charge in [-0.05, 0) is 26.3 Å². The fourth-order valence-corrected chi connectivity index (χ4v) is 4.51. The molecule has 0 aliphatic rings. The molecule has 0 aliphatic carbocycles. The SMILES string of the molecule is CC(C)(C)OC(=O)[C@@H](N=C(c1ccccc1)c1ccccc1)[C@H](CC(=O)c1ccccc1)c1ccc([N+](=O)[O-])cc1. The molecule has 208 valence electrons. The summed E-state index contributed by atoms with van der Waals surface area (Å²) in [5.41, 5.74) is 2.33. The molecule has 7 nitrogen and oxygen atoms in total. The fraction of sp³-hybridized carbons (Fsp3) is 0.206. The Morgan fingerprint density at radius 2 is 1.22 bits per heavy atom. The maximum absolute atomic E-state index is 13.9. The van der Waals surface area contributed by atoms with Gasteiger partial charge in [0.1, 0.15) is 5.60 Å². The average Bonchev–Trinajstić information content (AvgIpc) is 2.97. The lowest BCUT2D eigenvalue weighted by Crippen LogP contribution is -2.36. The van der Waals surface area contributed by atoms with Gasteiger partial charge in [-0.2, -0.15) is 0 Å². The summed E-state index contributed by atoms with van der Waals surface area (Å²) in [6.07, 6.45) is -0.0634. The van der Waals surface area contributed by atoms with E-state index in [9.17, 15) is 19.7 Å². The number of esters is 1. The Hall–Kier alpha value is -4.91. The van der Waals surface area contributed by atoms with Crippen LogP contribution in [0.1, 0.15) is 60.2 Å². The Labute approximate surface area is 239 Å². The molecule has 0 fully saturated rings. The normalized spacial score (nSPS) is 12.6. The Balaban J connectivity index is 1.91. The zero-order valence-electron chi connectivity index (χ0n) is 23.3. The van der Waals surface area contributed by atoms with E-state index in [4.69, 9.17) is 9.73 Å². The number of nitro benzene ring substituents is 1. The van der Waals surface area contributed by atoms with Crippen molar-refractivity contribution >= 4 is 23.2 Å². The minimum absolute atomic E-state index is 0.0634. The zero-order chi connectivity index (χ0) is 29.4. The topological polar surface area (TPSA) is 98.9 Å². The predicted molar refractivity (Wildman–Crippen MR) is 159 cm³/mol. The van der Waals surface area contributed by atoms with Crippen LogP contribution in [0, 0.1) is 10.1 Å². The number of carbonyl (C=O) groups excluding carboxylic acids is 2. The number of benzene rings is 4. The maximum Gasteiger partial charge on any atom is 0.332 e. The molecule has 0 bridgehead atoms. The van der Waals surface area contributed by atoms with Crippen LogP contribution in [-0.2, 0) is 9.53 Å². The van der Waals surface area contributed by atoms with Gasteiger partial charge in [-0.1, -0.05) is 103 Å². The van der Waals surface area contributed by atoms with Crippen molar-refractivity contribution < 1.29 is 19.2 Å². The predicted octanol–water partition coefficient (Wildman–Crippen LogP) is 7.20. The third-order valence-electron chi connectivity index (χ3n) is 6.43. The number of nitrogens with zero attached hydrogens (tertiary/aromatic N) is 2. The molecule has 0 spiro atoms. The molecule has 4 aromatic rings. The summed E-state index contributed by atoms with van der Waals surface area (Å²) in [5.74, 6) is -1.54. The number of hydrogen-bond acceptors (Lipinski definition) is 6. The number of hydrogen-bond donors (Lipinski definition) is 0. The third-order valence-corrected chi connectivity index (χ3v) is 6.43. The molecule has 4 rings (SSSR count). The first-order chi connectivity index (χ1) is 19.6. The first-order valence-electron chi connectivity index (χ1n) is 13.4. The molecule has 0 saturated carbocycles. The van der Waals surface area contributed by atoms with E-state index in [0.29, 0.717) is 16.8 Å². The van der Waals surface area contributed by atoms with Crippen LogP contribution >= 0.6 is 0 Å². The molecule has 0 aromatic heterocycles. The minimum atomic E-state index is -1.13. The molecule has 0 saturated heterocycles. The molecular weight excluding hydrogens is 516 g/mol. The Morgan fingerprint density at radius 1 is 0.756 bits per heavy atom. The molecule has 4 aromatic carbocycles. The maximum atomic E-state index is 13.9. The lowest BCUT2D eigenvalue weighted by atomic mass is 9.85. The number of ketones is 1. The smallest absolute Gasteiger partial charge is 0.332 e. The first kappa shape index (κ1) is 29.1. The summed E-state index contributed by atoms with van der Waals surface area (Å²) < 4.78 is 5.86. The second kappa shape index (κ2) is 13.0. The van der Waals surface area contributed by atoms with Gasteiger partial charge in [-0.3, -0.25) is 19.9 Å². The second-order valence-corrected chi connectivity index (χ2v) is 10.6. The molecule has 0 unspecified atom stereocenters. The average molecular weight is 549 g/mol. The molecule has 41 heavy (non-hydrogen) atoms. The molecule has 0 amide bonds. The van der Waals surface area contributed by atoms with Crippen molar-refractivity contribution in [2.24, 2.45) is 4.99 Å². The molecule has 0 aliphatic heterocycles. The van der Waals surface area contributed by atoms with Gasteiger partial charge in [0.2, 0.25) is 0 Å². The van der Waals surface area contributed by atoms with Gasteiger partial charge >= 0.3 is 5.97 Å². The van der Waals surface area contributed by atoms with Crippen molar-refractivity contribution in [3.63, 3.8) is 0 Å². The van der Waals surface area contributed by atoms with Crippen molar-refractivity contribution in [1.29, 1.82) is 0 Å². The van der Waals surface area contributed by atoms with E-state index in [1.165, 1.54) is 12.1 Å². The van der Waals surface area contributed by atoms with Crippen LogP contribution in [0.25, 0.3) is 0 Å². The van der Waals surface area contributed by atoms with E-state index >= 15 is 0 Å². The van der Waals surface area contributed by atoms with Crippen molar-refractivity contribution in [2.45, 2.75) is 44.8 Å². The van der Waals surface area contributed by atoms with Crippen LogP contribution in [0.15, 0.2) is 120 Å². The van der Waals surface area contributed by atoms with Gasteiger partial charge in [0, 0.05) is 41.2 Å². The number of nitro groups is 1. The van der Waals surface area contributed by atoms with E-state index in [0.717, 1.165) is 11.1 Å². The van der Waals surface area contributed by atoms with Gasteiger partial charge in [0.15, 0.2) is 11.8 Å². The number of carbonyl (C=O) groups is 2. The number of ether oxygens (including phenoxy) is 1. The molecule has 0 radical (unpaired) electrons. The number of Topliss-reactive ketones (excluding diaryl/α,β-unsaturated/α-hetero) is 1. The standard InChI is InChI=1S/C34H32N2O5/c1-34(2,3)41-33(38)32(35-31(26-15-9-5-10-16-26)27-17-11-6-12-18-27)29(23-30(37)25-13-7-4-8-14-25)24-19-21-28(22-20-24)36(39)40/h4-22,29,32H,23H2,1-3H3/t29-,32+/m1/s1. The quantitative estimate of drug-likeness (QED) is 0.0686. The van der Waals surface area contributed by atoms with Crippen LogP contribution in [0.3, 0.4) is 0 Å². The van der Waals surface area contributed by atoms with E-state index in [1.807, 2.05) is 66.7 Å². The number of aliphatic imine (C=N–C) groups is 1. The summed E-state index contributed by atoms with van der Waals surface area (Å²) in [4.78, 5) is 43.4. The van der Waals surface area contributed by atoms with Crippen molar-refractivity contribution in [3.05, 3.63) is 148 Å². The number of non-ortho nitro benzene ring substituents is 1. The summed E-state index contributed by atoms with van der Waals surface area (Å²) in [5, 5.41) is 11.4. The summed E-state index contributed by atoms with van der Waals surface area (Å²) in [6, 6.07) is 32.6. The highest BCUT2D eigenvalue weighted by Crippen LogP contribution is 2.32. The van der Waals surface area contributed by atoms with Crippen LogP contribution in [0.5, 0.6) is 0 Å². The Kier molecular flexibility index (Phi) is 9.19. The van der Waals surface area contributed by atoms with Crippen LogP contribution in [0.2, 0.25) is 0 Å². The van der Waals surface area contributed by atoms with Crippen LogP contribution in [0.4, 0.5) is 5.69 Å². The van der Waals surface area contributed by atoms with E-state index in [-0.39, 0.29) is 17.9 Å². The van der Waals surface area contributed by atoms with Crippen molar-refractivity contribution in [3.8, 4) is 0 Å². The highest BCUT2D eigenvalue weighted by Gasteiger charge is 2.35. The van der Waals surface area contributed by atoms with E-state index < -0.39 is 28.5 Å². The van der Waals surface area contributed by atoms with Gasteiger partial charge < -0.3 is 4.74 Å². The number of rotatable bonds is 10.